The van der Waals surface area contributed by atoms with Crippen molar-refractivity contribution >= 4 is 41.4 Å². The first-order valence-electron chi connectivity index (χ1n) is 16.2. The van der Waals surface area contributed by atoms with E-state index in [-0.39, 0.29) is 66.5 Å². The maximum atomic E-state index is 13.2. The van der Waals surface area contributed by atoms with Crippen LogP contribution >= 0.6 is 0 Å². The molecule has 14 nitrogen and oxygen atoms in total. The SMILES string of the molecule is CC(C)(CNC(=O)COc1cccc2c1C(=O)N(C1CCC(=O)NC1=O)C2=O)COC(C)(C)CCCNC(=O)CCC(=O)NC(C)(C)C. The molecule has 2 aliphatic heterocycles. The average Bonchev–Trinajstić information content (AvgIpc) is 3.24. The fourth-order valence-electron chi connectivity index (χ4n) is 5.19. The highest BCUT2D eigenvalue weighted by molar-refractivity contribution is 6.24. The second-order valence-electron chi connectivity index (χ2n) is 14.7. The van der Waals surface area contributed by atoms with Crippen LogP contribution in [0.5, 0.6) is 5.75 Å². The Labute approximate surface area is 281 Å². The summed E-state index contributed by atoms with van der Waals surface area (Å²) in [6.45, 7) is 14.1. The van der Waals surface area contributed by atoms with Crippen LogP contribution in [0.2, 0.25) is 0 Å². The monoisotopic (exact) mass is 671 g/mol. The van der Waals surface area contributed by atoms with E-state index < -0.39 is 53.2 Å². The second kappa shape index (κ2) is 15.7. The van der Waals surface area contributed by atoms with Crippen LogP contribution in [0.1, 0.15) is 108 Å². The Morgan fingerprint density at radius 1 is 0.917 bits per heavy atom. The summed E-state index contributed by atoms with van der Waals surface area (Å²) in [5.41, 5.74) is -1.23. The van der Waals surface area contributed by atoms with Gasteiger partial charge in [0.05, 0.1) is 23.3 Å². The van der Waals surface area contributed by atoms with E-state index in [1.165, 1.54) is 18.2 Å². The van der Waals surface area contributed by atoms with Gasteiger partial charge in [0.25, 0.3) is 17.7 Å². The number of carbonyl (C=O) groups is 7. The number of amides is 7. The zero-order valence-corrected chi connectivity index (χ0v) is 29.0. The highest BCUT2D eigenvalue weighted by Gasteiger charge is 2.46. The zero-order chi connectivity index (χ0) is 35.9. The number of nitrogens with zero attached hydrogens (tertiary/aromatic N) is 1. The molecule has 2 aliphatic rings. The lowest BCUT2D eigenvalue weighted by Crippen LogP contribution is -2.54. The largest absolute Gasteiger partial charge is 0.483 e. The predicted octanol–water partition coefficient (Wildman–Crippen LogP) is 2.00. The molecule has 1 aromatic rings. The summed E-state index contributed by atoms with van der Waals surface area (Å²) < 4.78 is 11.8. The molecule has 48 heavy (non-hydrogen) atoms. The van der Waals surface area contributed by atoms with Crippen molar-refractivity contribution in [2.75, 3.05) is 26.3 Å². The molecular weight excluding hydrogens is 622 g/mol. The van der Waals surface area contributed by atoms with Crippen LogP contribution in [0.25, 0.3) is 0 Å². The summed E-state index contributed by atoms with van der Waals surface area (Å²) in [5.74, 6) is -3.28. The highest BCUT2D eigenvalue weighted by Crippen LogP contribution is 2.33. The van der Waals surface area contributed by atoms with Gasteiger partial charge in [-0.05, 0) is 66.0 Å². The van der Waals surface area contributed by atoms with Crippen molar-refractivity contribution in [3.05, 3.63) is 29.3 Å². The molecule has 1 unspecified atom stereocenters. The molecule has 7 amide bonds. The molecule has 1 atom stereocenters. The van der Waals surface area contributed by atoms with Gasteiger partial charge in [-0.15, -0.1) is 0 Å². The van der Waals surface area contributed by atoms with Crippen molar-refractivity contribution < 1.29 is 43.0 Å². The molecule has 0 spiro atoms. The molecule has 0 radical (unpaired) electrons. The standard InChI is InChI=1S/C34H49N5O9/c1-32(2,3)38-26(42)15-14-24(40)35-17-9-16-34(6,7)48-20-33(4,5)19-36-27(43)18-47-23-11-8-10-21-28(23)31(46)39(30(21)45)22-12-13-25(41)37-29(22)44/h8,10-11,22H,9,12-20H2,1-7H3,(H,35,40)(H,36,43)(H,38,42)(H,37,41,44). The van der Waals surface area contributed by atoms with E-state index in [1.807, 2.05) is 48.5 Å². The molecule has 1 fully saturated rings. The van der Waals surface area contributed by atoms with Crippen LogP contribution in [0.4, 0.5) is 0 Å². The molecular formula is C34H49N5O9. The maximum absolute atomic E-state index is 13.2. The first-order valence-corrected chi connectivity index (χ1v) is 16.2. The van der Waals surface area contributed by atoms with Gasteiger partial charge < -0.3 is 25.4 Å². The van der Waals surface area contributed by atoms with Gasteiger partial charge in [0.2, 0.25) is 23.6 Å². The smallest absolute Gasteiger partial charge is 0.266 e. The Hall–Kier alpha value is -4.33. The minimum absolute atomic E-state index is 0.00733. The van der Waals surface area contributed by atoms with Crippen LogP contribution in [-0.4, -0.2) is 89.7 Å². The number of nitrogens with one attached hydrogen (secondary N) is 4. The van der Waals surface area contributed by atoms with Gasteiger partial charge in [0.15, 0.2) is 6.61 Å². The summed E-state index contributed by atoms with van der Waals surface area (Å²) in [6.07, 6.45) is 1.66. The summed E-state index contributed by atoms with van der Waals surface area (Å²) in [7, 11) is 0. The van der Waals surface area contributed by atoms with E-state index in [1.54, 1.807) is 0 Å². The van der Waals surface area contributed by atoms with Crippen molar-refractivity contribution in [3.63, 3.8) is 0 Å². The lowest BCUT2D eigenvalue weighted by atomic mass is 9.93. The quantitative estimate of drug-likeness (QED) is 0.150. The molecule has 264 valence electrons. The summed E-state index contributed by atoms with van der Waals surface area (Å²) in [4.78, 5) is 87.6. The van der Waals surface area contributed by atoms with E-state index in [2.05, 4.69) is 21.3 Å². The Kier molecular flexibility index (Phi) is 12.5. The normalized spacial score (nSPS) is 16.7. The lowest BCUT2D eigenvalue weighted by molar-refractivity contribution is -0.136. The topological polar surface area (TPSA) is 189 Å². The number of hydrogen-bond acceptors (Lipinski definition) is 9. The Balaban J connectivity index is 1.40. The Bertz CT molecular complexity index is 1430. The molecule has 2 heterocycles. The van der Waals surface area contributed by atoms with Gasteiger partial charge in [-0.3, -0.25) is 43.8 Å². The van der Waals surface area contributed by atoms with Crippen molar-refractivity contribution in [3.8, 4) is 5.75 Å². The molecule has 14 heteroatoms. The Morgan fingerprint density at radius 3 is 2.27 bits per heavy atom. The van der Waals surface area contributed by atoms with E-state index >= 15 is 0 Å². The number of carbonyl (C=O) groups excluding carboxylic acids is 7. The molecule has 0 bridgehead atoms. The molecule has 1 aromatic carbocycles. The molecule has 0 aliphatic carbocycles. The van der Waals surface area contributed by atoms with Gasteiger partial charge in [0, 0.05) is 43.3 Å². The van der Waals surface area contributed by atoms with Gasteiger partial charge in [-0.2, -0.15) is 0 Å². The van der Waals surface area contributed by atoms with Crippen molar-refractivity contribution in [2.24, 2.45) is 5.41 Å². The highest BCUT2D eigenvalue weighted by atomic mass is 16.5. The average molecular weight is 672 g/mol. The summed E-state index contributed by atoms with van der Waals surface area (Å²) in [6, 6.07) is 3.34. The van der Waals surface area contributed by atoms with Gasteiger partial charge in [-0.25, -0.2) is 0 Å². The fourth-order valence-corrected chi connectivity index (χ4v) is 5.19. The molecule has 4 N–H and O–H groups in total. The number of fused-ring (bicyclic) bond motifs is 1. The number of rotatable bonds is 16. The van der Waals surface area contributed by atoms with Crippen LogP contribution in [0, 0.1) is 5.41 Å². The second-order valence-corrected chi connectivity index (χ2v) is 14.7. The number of hydrogen-bond donors (Lipinski definition) is 4. The minimum atomic E-state index is -1.11. The summed E-state index contributed by atoms with van der Waals surface area (Å²) in [5, 5.41) is 10.7. The van der Waals surface area contributed by atoms with Gasteiger partial charge in [-0.1, -0.05) is 19.9 Å². The third-order valence-electron chi connectivity index (χ3n) is 7.78. The van der Waals surface area contributed by atoms with E-state index in [9.17, 15) is 33.6 Å². The number of benzene rings is 1. The van der Waals surface area contributed by atoms with Crippen LogP contribution in [-0.2, 0) is 28.7 Å². The predicted molar refractivity (Wildman–Crippen MR) is 175 cm³/mol. The maximum Gasteiger partial charge on any atom is 0.266 e. The fraction of sp³-hybridized carbons (Fsp3) is 0.618. The van der Waals surface area contributed by atoms with Crippen molar-refractivity contribution in [2.45, 2.75) is 104 Å². The van der Waals surface area contributed by atoms with Crippen molar-refractivity contribution in [1.29, 1.82) is 0 Å². The molecule has 3 rings (SSSR count). The van der Waals surface area contributed by atoms with Gasteiger partial charge >= 0.3 is 0 Å². The number of ether oxygens (including phenoxy) is 2. The van der Waals surface area contributed by atoms with Crippen LogP contribution in [0.3, 0.4) is 0 Å². The van der Waals surface area contributed by atoms with E-state index in [0.29, 0.717) is 26.0 Å². The first kappa shape index (κ1) is 38.1. The molecule has 0 aromatic heterocycles. The third-order valence-corrected chi connectivity index (χ3v) is 7.78. The molecule has 0 saturated carbocycles. The lowest BCUT2D eigenvalue weighted by Gasteiger charge is -2.32. The molecule has 1 saturated heterocycles. The number of piperidine rings is 1. The van der Waals surface area contributed by atoms with Crippen LogP contribution < -0.4 is 26.0 Å². The van der Waals surface area contributed by atoms with Crippen LogP contribution in [0.15, 0.2) is 18.2 Å². The minimum Gasteiger partial charge on any atom is -0.483 e. The van der Waals surface area contributed by atoms with Crippen molar-refractivity contribution in [1.82, 2.24) is 26.2 Å². The van der Waals surface area contributed by atoms with E-state index in [4.69, 9.17) is 9.47 Å². The van der Waals surface area contributed by atoms with E-state index in [0.717, 1.165) is 4.90 Å². The number of imide groups is 2. The van der Waals surface area contributed by atoms with Gasteiger partial charge in [0.1, 0.15) is 11.8 Å². The third kappa shape index (κ3) is 11.1. The Morgan fingerprint density at radius 2 is 1.60 bits per heavy atom. The summed E-state index contributed by atoms with van der Waals surface area (Å²) >= 11 is 0. The zero-order valence-electron chi connectivity index (χ0n) is 29.0. The first-order chi connectivity index (χ1) is 22.3.